The molecule has 2 atom stereocenters. The number of nitrogens with zero attached hydrogens (tertiary/aromatic N) is 4. The van der Waals surface area contributed by atoms with Gasteiger partial charge in [0.15, 0.2) is 0 Å². The Bertz CT molecular complexity index is 1210. The third-order valence-electron chi connectivity index (χ3n) is 6.65. The molecule has 32 heavy (non-hydrogen) atoms. The number of carbonyl (C=O) groups is 1. The predicted octanol–water partition coefficient (Wildman–Crippen LogP) is 3.03. The number of hydrogen-bond donors (Lipinski definition) is 1. The molecule has 0 spiro atoms. The van der Waals surface area contributed by atoms with Crippen LogP contribution in [-0.2, 0) is 20.7 Å². The van der Waals surface area contributed by atoms with E-state index >= 15 is 0 Å². The molecule has 1 aromatic carbocycles. The van der Waals surface area contributed by atoms with E-state index in [2.05, 4.69) is 27.9 Å². The summed E-state index contributed by atoms with van der Waals surface area (Å²) in [4.78, 5) is 22.2. The average molecular weight is 434 g/mol. The van der Waals surface area contributed by atoms with Crippen LogP contribution in [0.25, 0.3) is 21.9 Å². The number of fused-ring (bicyclic) bond motifs is 3. The van der Waals surface area contributed by atoms with E-state index in [1.165, 1.54) is 0 Å². The molecule has 2 aliphatic rings. The molecule has 1 aliphatic heterocycles. The molecule has 1 aliphatic carbocycles. The first-order valence-corrected chi connectivity index (χ1v) is 11.2. The monoisotopic (exact) mass is 433 g/mol. The molecular formula is C24H27N5O3. The van der Waals surface area contributed by atoms with Crippen LogP contribution >= 0.6 is 0 Å². The van der Waals surface area contributed by atoms with E-state index < -0.39 is 0 Å². The molecular weight excluding hydrogens is 406 g/mol. The van der Waals surface area contributed by atoms with Crippen LogP contribution in [0, 0.1) is 11.3 Å². The van der Waals surface area contributed by atoms with Gasteiger partial charge < -0.3 is 19.4 Å². The van der Waals surface area contributed by atoms with Gasteiger partial charge in [-0.2, -0.15) is 5.26 Å². The molecule has 3 aromatic rings. The number of pyridine rings is 1. The lowest BCUT2D eigenvalue weighted by Gasteiger charge is -2.34. The van der Waals surface area contributed by atoms with Gasteiger partial charge in [-0.25, -0.2) is 4.98 Å². The van der Waals surface area contributed by atoms with Crippen LogP contribution in [-0.4, -0.2) is 52.4 Å². The summed E-state index contributed by atoms with van der Waals surface area (Å²) in [6.07, 6.45) is 5.73. The van der Waals surface area contributed by atoms with Crippen LogP contribution in [0.3, 0.4) is 0 Å². The smallest absolute Gasteiger partial charge is 0.227 e. The van der Waals surface area contributed by atoms with Crippen molar-refractivity contribution in [2.75, 3.05) is 13.7 Å². The van der Waals surface area contributed by atoms with Gasteiger partial charge >= 0.3 is 0 Å². The summed E-state index contributed by atoms with van der Waals surface area (Å²) in [7, 11) is 1.70. The summed E-state index contributed by atoms with van der Waals surface area (Å²) in [5, 5.41) is 13.4. The fourth-order valence-electron chi connectivity index (χ4n) is 4.92. The minimum absolute atomic E-state index is 0.0313. The lowest BCUT2D eigenvalue weighted by Crippen LogP contribution is -2.48. The number of nitriles is 1. The Morgan fingerprint density at radius 2 is 2.19 bits per heavy atom. The molecule has 1 saturated carbocycles. The molecule has 1 N–H and O–H groups in total. The Hall–Kier alpha value is -3.02. The molecule has 0 bridgehead atoms. The maximum Gasteiger partial charge on any atom is 0.227 e. The molecule has 1 saturated heterocycles. The molecule has 166 valence electrons. The highest BCUT2D eigenvalue weighted by molar-refractivity contribution is 6.03. The van der Waals surface area contributed by atoms with Crippen LogP contribution < -0.4 is 5.32 Å². The molecule has 2 fully saturated rings. The molecule has 2 aromatic heterocycles. The zero-order valence-electron chi connectivity index (χ0n) is 18.4. The van der Waals surface area contributed by atoms with Crippen molar-refractivity contribution in [3.63, 3.8) is 0 Å². The van der Waals surface area contributed by atoms with Gasteiger partial charge in [-0.1, -0.05) is 0 Å². The molecule has 0 unspecified atom stereocenters. The number of rotatable bonds is 5. The zero-order chi connectivity index (χ0) is 22.2. The van der Waals surface area contributed by atoms with Gasteiger partial charge in [0.25, 0.3) is 0 Å². The number of carbonyl (C=O) groups excluding carboxylic acids is 1. The van der Waals surface area contributed by atoms with Gasteiger partial charge in [0.2, 0.25) is 5.91 Å². The van der Waals surface area contributed by atoms with E-state index in [0.717, 1.165) is 53.4 Å². The van der Waals surface area contributed by atoms with Gasteiger partial charge in [-0.05, 0) is 50.8 Å². The van der Waals surface area contributed by atoms with E-state index in [4.69, 9.17) is 14.5 Å². The predicted molar refractivity (Wildman–Crippen MR) is 119 cm³/mol. The highest BCUT2D eigenvalue weighted by atomic mass is 16.5. The summed E-state index contributed by atoms with van der Waals surface area (Å²) in [6, 6.07) is 8.07. The van der Waals surface area contributed by atoms with Crippen LogP contribution in [0.1, 0.15) is 50.0 Å². The van der Waals surface area contributed by atoms with Gasteiger partial charge in [0, 0.05) is 31.2 Å². The number of nitrogens with one attached hydrogen (secondary N) is 1. The van der Waals surface area contributed by atoms with Crippen LogP contribution in [0.15, 0.2) is 24.4 Å². The lowest BCUT2D eigenvalue weighted by molar-refractivity contribution is -0.122. The topological polar surface area (TPSA) is 102 Å². The standard InChI is InChI=1S/C24H27N5O3/c1-14-7-17(5-6-32-14)29-22(11-23(30)27-16-9-18(10-16)31-2)28-21-13-26-20-4-3-15(12-25)8-19(20)24(21)29/h3-4,8,13-14,16-18H,5-7,9-11H2,1-2H3,(H,27,30)/t14-,16?,17-,18?/m1/s1. The maximum atomic E-state index is 12.9. The fourth-order valence-corrected chi connectivity index (χ4v) is 4.92. The molecule has 8 nitrogen and oxygen atoms in total. The Kier molecular flexibility index (Phi) is 5.53. The van der Waals surface area contributed by atoms with Gasteiger partial charge in [-0.15, -0.1) is 0 Å². The van der Waals surface area contributed by atoms with E-state index in [0.29, 0.717) is 12.2 Å². The molecule has 0 radical (unpaired) electrons. The van der Waals surface area contributed by atoms with E-state index in [9.17, 15) is 10.1 Å². The van der Waals surface area contributed by atoms with Crippen molar-refractivity contribution in [2.45, 2.75) is 63.3 Å². The van der Waals surface area contributed by atoms with Crippen molar-refractivity contribution in [2.24, 2.45) is 0 Å². The van der Waals surface area contributed by atoms with E-state index in [1.54, 1.807) is 19.4 Å². The van der Waals surface area contributed by atoms with Gasteiger partial charge in [-0.3, -0.25) is 9.78 Å². The van der Waals surface area contributed by atoms with Crippen LogP contribution in [0.5, 0.6) is 0 Å². The quantitative estimate of drug-likeness (QED) is 0.664. The Labute approximate surface area is 186 Å². The number of methoxy groups -OCH3 is 1. The van der Waals surface area contributed by atoms with Crippen molar-refractivity contribution in [1.82, 2.24) is 19.9 Å². The SMILES string of the molecule is COC1CC(NC(=O)Cc2nc3cnc4ccc(C#N)cc4c3n2[C@@H]2CCO[C@H](C)C2)C1. The zero-order valence-corrected chi connectivity index (χ0v) is 18.4. The average Bonchev–Trinajstić information content (AvgIpc) is 3.13. The minimum atomic E-state index is -0.0313. The highest BCUT2D eigenvalue weighted by Gasteiger charge is 2.31. The summed E-state index contributed by atoms with van der Waals surface area (Å²) in [5.74, 6) is 0.701. The van der Waals surface area contributed by atoms with Crippen molar-refractivity contribution in [3.05, 3.63) is 35.8 Å². The minimum Gasteiger partial charge on any atom is -0.381 e. The first-order valence-electron chi connectivity index (χ1n) is 11.2. The second-order valence-corrected chi connectivity index (χ2v) is 8.86. The summed E-state index contributed by atoms with van der Waals surface area (Å²) in [5.41, 5.74) is 3.08. The first kappa shape index (κ1) is 20.9. The summed E-state index contributed by atoms with van der Waals surface area (Å²) in [6.45, 7) is 2.75. The molecule has 8 heteroatoms. The maximum absolute atomic E-state index is 12.9. The first-order chi connectivity index (χ1) is 15.6. The second-order valence-electron chi connectivity index (χ2n) is 8.86. The van der Waals surface area contributed by atoms with Crippen molar-refractivity contribution in [3.8, 4) is 6.07 Å². The number of imidazole rings is 1. The lowest BCUT2D eigenvalue weighted by atomic mass is 9.89. The van der Waals surface area contributed by atoms with E-state index in [-0.39, 0.29) is 36.6 Å². The molecule has 3 heterocycles. The highest BCUT2D eigenvalue weighted by Crippen LogP contribution is 2.34. The third-order valence-corrected chi connectivity index (χ3v) is 6.65. The van der Waals surface area contributed by atoms with Crippen molar-refractivity contribution in [1.29, 1.82) is 5.26 Å². The Morgan fingerprint density at radius 1 is 1.34 bits per heavy atom. The molecule has 1 amide bonds. The Balaban J connectivity index is 1.55. The van der Waals surface area contributed by atoms with Crippen LogP contribution in [0.4, 0.5) is 0 Å². The second kappa shape index (κ2) is 8.49. The van der Waals surface area contributed by atoms with E-state index in [1.807, 2.05) is 12.1 Å². The summed E-state index contributed by atoms with van der Waals surface area (Å²) >= 11 is 0. The fraction of sp³-hybridized carbons (Fsp3) is 0.500. The largest absolute Gasteiger partial charge is 0.381 e. The number of amides is 1. The summed E-state index contributed by atoms with van der Waals surface area (Å²) < 4.78 is 13.3. The Morgan fingerprint density at radius 3 is 2.94 bits per heavy atom. The third kappa shape index (κ3) is 3.83. The molecule has 5 rings (SSSR count). The van der Waals surface area contributed by atoms with Crippen molar-refractivity contribution >= 4 is 27.8 Å². The number of hydrogen-bond acceptors (Lipinski definition) is 6. The van der Waals surface area contributed by atoms with Crippen LogP contribution in [0.2, 0.25) is 0 Å². The number of ether oxygens (including phenoxy) is 2. The normalized spacial score (nSPS) is 25.4. The van der Waals surface area contributed by atoms with Gasteiger partial charge in [0.1, 0.15) is 11.3 Å². The van der Waals surface area contributed by atoms with Gasteiger partial charge in [0.05, 0.1) is 47.5 Å². The number of aromatic nitrogens is 3. The van der Waals surface area contributed by atoms with Crippen molar-refractivity contribution < 1.29 is 14.3 Å². The number of benzene rings is 1.